The molecule has 0 aliphatic rings. The van der Waals surface area contributed by atoms with Crippen molar-refractivity contribution in [2.45, 2.75) is 26.9 Å². The Balaban J connectivity index is 2.29. The minimum atomic E-state index is -0.0586. The molecule has 0 fully saturated rings. The van der Waals surface area contributed by atoms with Crippen LogP contribution in [0, 0.1) is 6.92 Å². The highest BCUT2D eigenvalue weighted by Crippen LogP contribution is 2.20. The topological polar surface area (TPSA) is 52.1 Å². The second-order valence-electron chi connectivity index (χ2n) is 4.21. The zero-order valence-electron chi connectivity index (χ0n) is 10.5. The lowest BCUT2D eigenvalue weighted by molar-refractivity contribution is 0.104. The summed E-state index contributed by atoms with van der Waals surface area (Å²) in [6.45, 7) is 5.68. The lowest BCUT2D eigenvalue weighted by Gasteiger charge is -2.10. The number of ketones is 1. The van der Waals surface area contributed by atoms with Gasteiger partial charge in [0.25, 0.3) is 0 Å². The van der Waals surface area contributed by atoms with Crippen LogP contribution >= 0.6 is 11.5 Å². The average molecular weight is 262 g/mol. The van der Waals surface area contributed by atoms with E-state index < -0.39 is 0 Å². The standard InChI is InChI=1S/C13H14N2O2S/c1-8(2)17-11-6-4-5-10(7-11)12(16)13-9(3)14-15-18-13/h4-8H,1-3H3. The quantitative estimate of drug-likeness (QED) is 0.795. The van der Waals surface area contributed by atoms with Gasteiger partial charge < -0.3 is 4.74 Å². The van der Waals surface area contributed by atoms with Crippen molar-refractivity contribution in [3.63, 3.8) is 0 Å². The van der Waals surface area contributed by atoms with Gasteiger partial charge in [-0.05, 0) is 44.4 Å². The highest BCUT2D eigenvalue weighted by molar-refractivity contribution is 7.08. The third-order valence-corrected chi connectivity index (χ3v) is 3.15. The Morgan fingerprint density at radius 1 is 1.39 bits per heavy atom. The van der Waals surface area contributed by atoms with Crippen LogP contribution in [0.5, 0.6) is 5.75 Å². The van der Waals surface area contributed by atoms with Gasteiger partial charge in [-0.1, -0.05) is 16.6 Å². The number of carbonyl (C=O) groups is 1. The predicted molar refractivity (Wildman–Crippen MR) is 70.3 cm³/mol. The molecule has 0 bridgehead atoms. The van der Waals surface area contributed by atoms with E-state index in [1.807, 2.05) is 26.0 Å². The van der Waals surface area contributed by atoms with Crippen LogP contribution in [0.25, 0.3) is 0 Å². The monoisotopic (exact) mass is 262 g/mol. The smallest absolute Gasteiger partial charge is 0.206 e. The molecule has 0 spiro atoms. The number of carbonyl (C=O) groups excluding carboxylic acids is 1. The second-order valence-corrected chi connectivity index (χ2v) is 4.97. The maximum absolute atomic E-state index is 12.2. The van der Waals surface area contributed by atoms with Gasteiger partial charge in [-0.25, -0.2) is 0 Å². The van der Waals surface area contributed by atoms with E-state index in [2.05, 4.69) is 9.59 Å². The molecule has 0 aliphatic heterocycles. The molecule has 4 nitrogen and oxygen atoms in total. The minimum absolute atomic E-state index is 0.0586. The molecule has 0 aliphatic carbocycles. The van der Waals surface area contributed by atoms with Crippen LogP contribution in [0.1, 0.15) is 34.8 Å². The molecule has 2 aromatic rings. The Hall–Kier alpha value is -1.75. The van der Waals surface area contributed by atoms with E-state index in [-0.39, 0.29) is 11.9 Å². The van der Waals surface area contributed by atoms with Gasteiger partial charge in [0.05, 0.1) is 11.8 Å². The van der Waals surface area contributed by atoms with Gasteiger partial charge >= 0.3 is 0 Å². The minimum Gasteiger partial charge on any atom is -0.491 e. The summed E-state index contributed by atoms with van der Waals surface area (Å²) in [6.07, 6.45) is 0.0853. The number of aromatic nitrogens is 2. The van der Waals surface area contributed by atoms with E-state index in [4.69, 9.17) is 4.74 Å². The van der Waals surface area contributed by atoms with Crippen LogP contribution in [0.4, 0.5) is 0 Å². The first kappa shape index (κ1) is 12.7. The number of rotatable bonds is 4. The summed E-state index contributed by atoms with van der Waals surface area (Å²) in [7, 11) is 0. The molecule has 0 saturated carbocycles. The Morgan fingerprint density at radius 2 is 2.17 bits per heavy atom. The maximum atomic E-state index is 12.2. The zero-order valence-corrected chi connectivity index (χ0v) is 11.3. The van der Waals surface area contributed by atoms with Gasteiger partial charge in [-0.15, -0.1) is 5.10 Å². The molecule has 0 radical (unpaired) electrons. The Labute approximate surface area is 110 Å². The van der Waals surface area contributed by atoms with Crippen molar-refractivity contribution in [3.05, 3.63) is 40.4 Å². The fourth-order valence-electron chi connectivity index (χ4n) is 1.55. The molecular formula is C13H14N2O2S. The van der Waals surface area contributed by atoms with E-state index in [9.17, 15) is 4.79 Å². The summed E-state index contributed by atoms with van der Waals surface area (Å²) in [5, 5.41) is 3.85. The molecule has 0 atom stereocenters. The summed E-state index contributed by atoms with van der Waals surface area (Å²) in [5.41, 5.74) is 1.27. The van der Waals surface area contributed by atoms with Crippen LogP contribution < -0.4 is 4.74 Å². The van der Waals surface area contributed by atoms with Crippen molar-refractivity contribution < 1.29 is 9.53 Å². The lowest BCUT2D eigenvalue weighted by atomic mass is 10.1. The van der Waals surface area contributed by atoms with Crippen molar-refractivity contribution in [1.29, 1.82) is 0 Å². The van der Waals surface area contributed by atoms with Crippen LogP contribution in [0.15, 0.2) is 24.3 Å². The Bertz CT molecular complexity index is 564. The molecule has 0 amide bonds. The summed E-state index contributed by atoms with van der Waals surface area (Å²) in [6, 6.07) is 7.18. The zero-order chi connectivity index (χ0) is 13.1. The number of hydrogen-bond donors (Lipinski definition) is 0. The molecule has 1 heterocycles. The molecule has 1 aromatic heterocycles. The van der Waals surface area contributed by atoms with Crippen molar-refractivity contribution in [2.24, 2.45) is 0 Å². The average Bonchev–Trinajstić information content (AvgIpc) is 2.74. The lowest BCUT2D eigenvalue weighted by Crippen LogP contribution is -2.07. The van der Waals surface area contributed by atoms with E-state index in [0.717, 1.165) is 11.5 Å². The highest BCUT2D eigenvalue weighted by Gasteiger charge is 2.16. The third kappa shape index (κ3) is 2.73. The molecule has 5 heteroatoms. The van der Waals surface area contributed by atoms with Gasteiger partial charge in [0, 0.05) is 5.56 Å². The van der Waals surface area contributed by atoms with E-state index in [1.54, 1.807) is 19.1 Å². The number of nitrogens with zero attached hydrogens (tertiary/aromatic N) is 2. The largest absolute Gasteiger partial charge is 0.491 e. The molecule has 2 rings (SSSR count). The first-order valence-electron chi connectivity index (χ1n) is 5.68. The fourth-order valence-corrected chi connectivity index (χ4v) is 2.17. The van der Waals surface area contributed by atoms with Crippen LogP contribution in [-0.2, 0) is 0 Å². The number of ether oxygens (including phenoxy) is 1. The summed E-state index contributed by atoms with van der Waals surface area (Å²) >= 11 is 1.12. The van der Waals surface area contributed by atoms with E-state index >= 15 is 0 Å². The molecule has 0 N–H and O–H groups in total. The molecule has 18 heavy (non-hydrogen) atoms. The van der Waals surface area contributed by atoms with Gasteiger partial charge in [-0.2, -0.15) is 0 Å². The molecule has 1 aromatic carbocycles. The van der Waals surface area contributed by atoms with Gasteiger partial charge in [-0.3, -0.25) is 4.79 Å². The van der Waals surface area contributed by atoms with E-state index in [0.29, 0.717) is 21.9 Å². The molecule has 0 unspecified atom stereocenters. The fraction of sp³-hybridized carbons (Fsp3) is 0.308. The molecule has 0 saturated heterocycles. The van der Waals surface area contributed by atoms with E-state index in [1.165, 1.54) is 0 Å². The van der Waals surface area contributed by atoms with Gasteiger partial charge in [0.1, 0.15) is 10.6 Å². The van der Waals surface area contributed by atoms with Crippen molar-refractivity contribution in [2.75, 3.05) is 0 Å². The van der Waals surface area contributed by atoms with Gasteiger partial charge in [0.15, 0.2) is 0 Å². The third-order valence-electron chi connectivity index (χ3n) is 2.33. The Kier molecular flexibility index (Phi) is 3.72. The van der Waals surface area contributed by atoms with Crippen LogP contribution in [-0.4, -0.2) is 21.5 Å². The van der Waals surface area contributed by atoms with Crippen molar-refractivity contribution in [1.82, 2.24) is 9.59 Å². The van der Waals surface area contributed by atoms with Crippen LogP contribution in [0.2, 0.25) is 0 Å². The van der Waals surface area contributed by atoms with Gasteiger partial charge in [0.2, 0.25) is 5.78 Å². The number of aryl methyl sites for hydroxylation is 1. The molecular weight excluding hydrogens is 248 g/mol. The highest BCUT2D eigenvalue weighted by atomic mass is 32.1. The molecule has 94 valence electrons. The first-order valence-corrected chi connectivity index (χ1v) is 6.45. The first-order chi connectivity index (χ1) is 8.58. The summed E-state index contributed by atoms with van der Waals surface area (Å²) in [4.78, 5) is 12.8. The second kappa shape index (κ2) is 5.27. The number of benzene rings is 1. The summed E-state index contributed by atoms with van der Waals surface area (Å²) < 4.78 is 9.35. The summed E-state index contributed by atoms with van der Waals surface area (Å²) in [5.74, 6) is 0.641. The van der Waals surface area contributed by atoms with Crippen molar-refractivity contribution >= 4 is 17.3 Å². The maximum Gasteiger partial charge on any atom is 0.206 e. The predicted octanol–water partition coefficient (Wildman–Crippen LogP) is 2.86. The van der Waals surface area contributed by atoms with Crippen molar-refractivity contribution in [3.8, 4) is 5.75 Å². The van der Waals surface area contributed by atoms with Crippen LogP contribution in [0.3, 0.4) is 0 Å². The number of hydrogen-bond acceptors (Lipinski definition) is 5. The normalized spacial score (nSPS) is 10.7. The SMILES string of the molecule is Cc1nnsc1C(=O)c1cccc(OC(C)C)c1. The Morgan fingerprint density at radius 3 is 2.78 bits per heavy atom.